The number of benzene rings is 1. The van der Waals surface area contributed by atoms with E-state index in [0.717, 1.165) is 62.6 Å². The summed E-state index contributed by atoms with van der Waals surface area (Å²) in [7, 11) is 0. The second-order valence-electron chi connectivity index (χ2n) is 7.26. The smallest absolute Gasteiger partial charge is 0.285 e. The summed E-state index contributed by atoms with van der Waals surface area (Å²) in [4.78, 5) is 21.2. The largest absolute Gasteiger partial charge is 0.366 e. The molecular formula is C21H22BrCl2N5O. The number of para-hydroxylation sites is 1. The number of pyridine rings is 1. The molecule has 0 bridgehead atoms. The molecule has 0 amide bonds. The predicted octanol–water partition coefficient (Wildman–Crippen LogP) is 4.38. The van der Waals surface area contributed by atoms with Gasteiger partial charge in [0.05, 0.1) is 27.1 Å². The van der Waals surface area contributed by atoms with Crippen LogP contribution < -0.4 is 10.5 Å². The lowest BCUT2D eigenvalue weighted by Crippen LogP contribution is -2.46. The zero-order valence-electron chi connectivity index (χ0n) is 16.3. The van der Waals surface area contributed by atoms with Crippen molar-refractivity contribution in [3.05, 3.63) is 73.3 Å². The van der Waals surface area contributed by atoms with Crippen LogP contribution in [0.25, 0.3) is 5.69 Å². The second-order valence-corrected chi connectivity index (χ2v) is 8.87. The Morgan fingerprint density at radius 1 is 1.03 bits per heavy atom. The first-order valence-corrected chi connectivity index (χ1v) is 11.4. The van der Waals surface area contributed by atoms with Crippen LogP contribution in [-0.4, -0.2) is 52.4 Å². The number of rotatable bonds is 6. The van der Waals surface area contributed by atoms with Crippen molar-refractivity contribution in [1.82, 2.24) is 19.7 Å². The van der Waals surface area contributed by atoms with Gasteiger partial charge in [-0.25, -0.2) is 4.68 Å². The number of nitrogens with zero attached hydrogens (tertiary/aromatic N) is 4. The van der Waals surface area contributed by atoms with Gasteiger partial charge in [0.1, 0.15) is 4.47 Å². The molecule has 1 saturated heterocycles. The molecule has 30 heavy (non-hydrogen) atoms. The Kier molecular flexibility index (Phi) is 6.83. The van der Waals surface area contributed by atoms with Crippen LogP contribution in [-0.2, 0) is 6.42 Å². The molecular weight excluding hydrogens is 489 g/mol. The fraction of sp³-hybridized carbons (Fsp3) is 0.333. The van der Waals surface area contributed by atoms with Crippen LogP contribution >= 0.6 is 39.1 Å². The fourth-order valence-electron chi connectivity index (χ4n) is 3.77. The van der Waals surface area contributed by atoms with E-state index in [1.807, 2.05) is 30.3 Å². The van der Waals surface area contributed by atoms with Gasteiger partial charge in [-0.3, -0.25) is 19.8 Å². The Balaban J connectivity index is 1.32. The van der Waals surface area contributed by atoms with Gasteiger partial charge in [-0.1, -0.05) is 41.4 Å². The quantitative estimate of drug-likeness (QED) is 0.534. The topological polar surface area (TPSA) is 57.2 Å². The maximum atomic E-state index is 12.5. The van der Waals surface area contributed by atoms with Crippen LogP contribution in [0.5, 0.6) is 0 Å². The van der Waals surface area contributed by atoms with E-state index in [9.17, 15) is 4.79 Å². The third kappa shape index (κ3) is 4.59. The summed E-state index contributed by atoms with van der Waals surface area (Å²) in [5, 5.41) is 4.42. The van der Waals surface area contributed by atoms with Gasteiger partial charge in [-0.05, 0) is 47.4 Å². The predicted molar refractivity (Wildman–Crippen MR) is 125 cm³/mol. The van der Waals surface area contributed by atoms with Crippen LogP contribution in [0, 0.1) is 0 Å². The third-order valence-electron chi connectivity index (χ3n) is 5.33. The van der Waals surface area contributed by atoms with E-state index in [1.54, 1.807) is 17.1 Å². The van der Waals surface area contributed by atoms with Gasteiger partial charge in [0, 0.05) is 38.6 Å². The van der Waals surface area contributed by atoms with Crippen LogP contribution in [0.4, 0.5) is 5.69 Å². The van der Waals surface area contributed by atoms with Crippen LogP contribution in [0.1, 0.15) is 12.1 Å². The molecule has 4 rings (SSSR count). The van der Waals surface area contributed by atoms with Gasteiger partial charge >= 0.3 is 0 Å². The molecule has 1 aliphatic rings. The first kappa shape index (κ1) is 21.4. The Bertz CT molecular complexity index is 1040. The maximum absolute atomic E-state index is 12.5. The molecule has 2 aromatic heterocycles. The first-order valence-electron chi connectivity index (χ1n) is 9.85. The van der Waals surface area contributed by atoms with Gasteiger partial charge in [-0.15, -0.1) is 0 Å². The SMILES string of the molecule is O=c1c(Br)c(CCCN2CCN(c3c(Cl)cncc3Cl)CC2)[nH]n1-c1ccccc1. The number of aromatic nitrogens is 3. The Morgan fingerprint density at radius 3 is 2.37 bits per heavy atom. The lowest BCUT2D eigenvalue weighted by atomic mass is 10.2. The average Bonchev–Trinajstić information content (AvgIpc) is 3.04. The summed E-state index contributed by atoms with van der Waals surface area (Å²) in [6.07, 6.45) is 5.03. The fourth-order valence-corrected chi connectivity index (χ4v) is 4.84. The van der Waals surface area contributed by atoms with E-state index in [4.69, 9.17) is 23.2 Å². The van der Waals surface area contributed by atoms with Crippen molar-refractivity contribution in [2.24, 2.45) is 0 Å². The Labute approximate surface area is 193 Å². The minimum absolute atomic E-state index is 0.0593. The van der Waals surface area contributed by atoms with Crippen LogP contribution in [0.15, 0.2) is 52.0 Å². The number of H-pyrrole nitrogens is 1. The first-order chi connectivity index (χ1) is 14.5. The van der Waals surface area contributed by atoms with Gasteiger partial charge in [0.25, 0.3) is 5.56 Å². The van der Waals surface area contributed by atoms with Gasteiger partial charge in [0.15, 0.2) is 0 Å². The molecule has 1 fully saturated rings. The van der Waals surface area contributed by atoms with Crippen molar-refractivity contribution in [2.75, 3.05) is 37.6 Å². The van der Waals surface area contributed by atoms with Gasteiger partial charge in [-0.2, -0.15) is 0 Å². The van der Waals surface area contributed by atoms with E-state index >= 15 is 0 Å². The number of piperazine rings is 1. The summed E-state index contributed by atoms with van der Waals surface area (Å²) in [6, 6.07) is 9.60. The molecule has 1 aromatic carbocycles. The number of halogens is 3. The molecule has 0 spiro atoms. The number of anilines is 1. The molecule has 3 aromatic rings. The number of hydrogen-bond acceptors (Lipinski definition) is 4. The zero-order valence-corrected chi connectivity index (χ0v) is 19.4. The molecule has 6 nitrogen and oxygen atoms in total. The van der Waals surface area contributed by atoms with E-state index in [0.29, 0.717) is 14.5 Å². The third-order valence-corrected chi connectivity index (χ3v) is 6.71. The summed E-state index contributed by atoms with van der Waals surface area (Å²) in [5.74, 6) is 0. The van der Waals surface area contributed by atoms with Crippen LogP contribution in [0.2, 0.25) is 10.0 Å². The second kappa shape index (κ2) is 9.56. The molecule has 9 heteroatoms. The Hall–Kier alpha value is -1.80. The monoisotopic (exact) mass is 509 g/mol. The summed E-state index contributed by atoms with van der Waals surface area (Å²) in [5.41, 5.74) is 2.57. The van der Waals surface area contributed by atoms with E-state index in [2.05, 4.69) is 35.8 Å². The molecule has 0 atom stereocenters. The summed E-state index contributed by atoms with van der Waals surface area (Å²) in [6.45, 7) is 4.59. The van der Waals surface area contributed by atoms with Crippen molar-refractivity contribution in [2.45, 2.75) is 12.8 Å². The molecule has 0 saturated carbocycles. The zero-order chi connectivity index (χ0) is 21.1. The molecule has 1 N–H and O–H groups in total. The molecule has 0 radical (unpaired) electrons. The highest BCUT2D eigenvalue weighted by Crippen LogP contribution is 2.33. The molecule has 1 aliphatic heterocycles. The van der Waals surface area contributed by atoms with Crippen molar-refractivity contribution in [3.63, 3.8) is 0 Å². The molecule has 158 valence electrons. The van der Waals surface area contributed by atoms with Gasteiger partial charge in [0.2, 0.25) is 0 Å². The van der Waals surface area contributed by atoms with Crippen molar-refractivity contribution < 1.29 is 0 Å². The highest BCUT2D eigenvalue weighted by molar-refractivity contribution is 9.10. The normalized spacial score (nSPS) is 15.0. The minimum atomic E-state index is -0.0593. The van der Waals surface area contributed by atoms with E-state index < -0.39 is 0 Å². The van der Waals surface area contributed by atoms with Crippen LogP contribution in [0.3, 0.4) is 0 Å². The lowest BCUT2D eigenvalue weighted by Gasteiger charge is -2.36. The highest BCUT2D eigenvalue weighted by Gasteiger charge is 2.21. The number of aromatic amines is 1. The van der Waals surface area contributed by atoms with Crippen molar-refractivity contribution in [3.8, 4) is 5.69 Å². The molecule has 0 unspecified atom stereocenters. The molecule has 3 heterocycles. The van der Waals surface area contributed by atoms with Crippen molar-refractivity contribution >= 4 is 44.8 Å². The lowest BCUT2D eigenvalue weighted by molar-refractivity contribution is 0.255. The summed E-state index contributed by atoms with van der Waals surface area (Å²) >= 11 is 16.0. The number of hydrogen-bond donors (Lipinski definition) is 1. The Morgan fingerprint density at radius 2 is 1.70 bits per heavy atom. The van der Waals surface area contributed by atoms with E-state index in [-0.39, 0.29) is 5.56 Å². The summed E-state index contributed by atoms with van der Waals surface area (Å²) < 4.78 is 2.19. The van der Waals surface area contributed by atoms with Crippen molar-refractivity contribution in [1.29, 1.82) is 0 Å². The standard InChI is InChI=1S/C21H22BrCl2N5O/c22-19-18(26-29(21(19)30)15-5-2-1-3-6-15)7-4-8-27-9-11-28(12-10-27)20-16(23)13-25-14-17(20)24/h1-3,5-6,13-14,26H,4,7-12H2. The maximum Gasteiger partial charge on any atom is 0.285 e. The number of aryl methyl sites for hydroxylation is 1. The minimum Gasteiger partial charge on any atom is -0.366 e. The molecule has 0 aliphatic carbocycles. The number of nitrogens with one attached hydrogen (secondary N) is 1. The van der Waals surface area contributed by atoms with Gasteiger partial charge < -0.3 is 4.90 Å². The van der Waals surface area contributed by atoms with E-state index in [1.165, 1.54) is 0 Å². The highest BCUT2D eigenvalue weighted by atomic mass is 79.9. The average molecular weight is 511 g/mol.